The molecule has 1 amide bonds. The van der Waals surface area contributed by atoms with E-state index in [4.69, 9.17) is 4.74 Å². The van der Waals surface area contributed by atoms with Crippen molar-refractivity contribution in [3.8, 4) is 0 Å². The van der Waals surface area contributed by atoms with Gasteiger partial charge in [0.1, 0.15) is 6.61 Å². The average molecular weight is 399 g/mol. The summed E-state index contributed by atoms with van der Waals surface area (Å²) in [7, 11) is 0. The van der Waals surface area contributed by atoms with Gasteiger partial charge in [0.2, 0.25) is 0 Å². The van der Waals surface area contributed by atoms with Gasteiger partial charge in [-0.3, -0.25) is 9.88 Å². The second kappa shape index (κ2) is 9.82. The van der Waals surface area contributed by atoms with Crippen molar-refractivity contribution >= 4 is 6.09 Å². The average Bonchev–Trinajstić information content (AvgIpc) is 3.21. The van der Waals surface area contributed by atoms with Crippen molar-refractivity contribution in [2.45, 2.75) is 57.7 Å². The lowest BCUT2D eigenvalue weighted by molar-refractivity contribution is 0.0431. The Morgan fingerprint density at radius 1 is 1.10 bits per heavy atom. The zero-order chi connectivity index (χ0) is 19.9. The minimum Gasteiger partial charge on any atom is -0.448 e. The molecule has 4 heterocycles. The van der Waals surface area contributed by atoms with E-state index in [1.54, 1.807) is 6.20 Å². The summed E-state index contributed by atoms with van der Waals surface area (Å²) in [5.74, 6) is 0. The Morgan fingerprint density at radius 2 is 1.97 bits per heavy atom. The number of pyridine rings is 1. The summed E-state index contributed by atoms with van der Waals surface area (Å²) in [6.45, 7) is 4.51. The van der Waals surface area contributed by atoms with Crippen LogP contribution in [-0.2, 0) is 17.8 Å². The summed E-state index contributed by atoms with van der Waals surface area (Å²) in [6, 6.07) is 4.21. The molecule has 2 aromatic rings. The molecule has 1 atom stereocenters. The highest BCUT2D eigenvalue weighted by molar-refractivity contribution is 5.67. The van der Waals surface area contributed by atoms with E-state index in [-0.39, 0.29) is 12.1 Å². The molecule has 2 aliphatic heterocycles. The molecule has 2 aromatic heterocycles. The van der Waals surface area contributed by atoms with E-state index in [1.165, 1.54) is 19.3 Å². The molecular formula is C21H30N6O2. The summed E-state index contributed by atoms with van der Waals surface area (Å²) in [5.41, 5.74) is 2.05. The third-order valence-electron chi connectivity index (χ3n) is 5.78. The largest absolute Gasteiger partial charge is 0.448 e. The Balaban J connectivity index is 1.30. The van der Waals surface area contributed by atoms with Crippen LogP contribution >= 0.6 is 0 Å². The van der Waals surface area contributed by atoms with Crippen LogP contribution in [0.3, 0.4) is 0 Å². The molecule has 0 aliphatic carbocycles. The van der Waals surface area contributed by atoms with Crippen LogP contribution in [0.2, 0.25) is 0 Å². The Morgan fingerprint density at radius 3 is 2.79 bits per heavy atom. The number of ether oxygens (including phenoxy) is 1. The summed E-state index contributed by atoms with van der Waals surface area (Å²) >= 11 is 0. The third-order valence-corrected chi connectivity index (χ3v) is 5.78. The summed E-state index contributed by atoms with van der Waals surface area (Å²) in [5, 5.41) is 8.60. The fraction of sp³-hybridized carbons (Fsp3) is 0.619. The first-order valence-electron chi connectivity index (χ1n) is 10.7. The van der Waals surface area contributed by atoms with Crippen molar-refractivity contribution in [2.75, 3.05) is 26.2 Å². The molecule has 0 bridgehead atoms. The number of rotatable bonds is 6. The highest BCUT2D eigenvalue weighted by atomic mass is 16.6. The summed E-state index contributed by atoms with van der Waals surface area (Å²) < 4.78 is 7.52. The van der Waals surface area contributed by atoms with Crippen LogP contribution < -0.4 is 0 Å². The number of hydrogen-bond donors (Lipinski definition) is 0. The van der Waals surface area contributed by atoms with Crippen molar-refractivity contribution in [1.82, 2.24) is 29.8 Å². The van der Waals surface area contributed by atoms with Crippen LogP contribution in [0, 0.1) is 0 Å². The smallest absolute Gasteiger partial charge is 0.409 e. The maximum Gasteiger partial charge on any atom is 0.409 e. The molecule has 0 aromatic carbocycles. The number of carbonyl (C=O) groups excluding carboxylic acids is 1. The molecule has 2 aliphatic rings. The molecule has 156 valence electrons. The van der Waals surface area contributed by atoms with Crippen LogP contribution in [0.1, 0.15) is 49.8 Å². The Labute approximate surface area is 171 Å². The van der Waals surface area contributed by atoms with E-state index in [2.05, 4.69) is 20.2 Å². The van der Waals surface area contributed by atoms with Gasteiger partial charge >= 0.3 is 6.09 Å². The lowest BCUT2D eigenvalue weighted by Crippen LogP contribution is -2.44. The lowest BCUT2D eigenvalue weighted by Gasteiger charge is -2.35. The predicted octanol–water partition coefficient (Wildman–Crippen LogP) is 2.70. The molecule has 29 heavy (non-hydrogen) atoms. The van der Waals surface area contributed by atoms with Gasteiger partial charge < -0.3 is 9.64 Å². The Hall–Kier alpha value is -2.48. The number of piperidine rings is 2. The molecule has 0 unspecified atom stereocenters. The van der Waals surface area contributed by atoms with Crippen LogP contribution in [0.4, 0.5) is 4.79 Å². The quantitative estimate of drug-likeness (QED) is 0.745. The van der Waals surface area contributed by atoms with Gasteiger partial charge in [-0.05, 0) is 50.3 Å². The van der Waals surface area contributed by atoms with Crippen molar-refractivity contribution < 1.29 is 9.53 Å². The number of hydrogen-bond acceptors (Lipinski definition) is 6. The Bertz CT molecular complexity index is 774. The van der Waals surface area contributed by atoms with Gasteiger partial charge in [-0.1, -0.05) is 17.7 Å². The van der Waals surface area contributed by atoms with Gasteiger partial charge in [-0.25, -0.2) is 9.48 Å². The van der Waals surface area contributed by atoms with Gasteiger partial charge in [0.25, 0.3) is 0 Å². The van der Waals surface area contributed by atoms with Crippen molar-refractivity contribution in [2.24, 2.45) is 0 Å². The Kier molecular flexibility index (Phi) is 6.71. The van der Waals surface area contributed by atoms with E-state index in [1.807, 2.05) is 34.1 Å². The third kappa shape index (κ3) is 5.53. The molecule has 2 fully saturated rings. The standard InChI is InChI=1S/C21H30N6O2/c28-21(25-10-3-1-4-11-25)29-17-20-8-2-5-12-26(20)15-19-16-27(24-23-19)14-18-7-6-9-22-13-18/h6-7,9,13,16,20H,1-5,8,10-12,14-15,17H2/t20-/m0/s1. The lowest BCUT2D eigenvalue weighted by atomic mass is 10.0. The number of amides is 1. The van der Waals surface area contributed by atoms with Gasteiger partial charge in [0, 0.05) is 38.1 Å². The SMILES string of the molecule is O=C(OC[C@@H]1CCCCN1Cc1cn(Cc2cccnc2)nn1)N1CCCCC1. The first-order valence-corrected chi connectivity index (χ1v) is 10.7. The molecule has 0 spiro atoms. The van der Waals surface area contributed by atoms with E-state index in [0.29, 0.717) is 13.2 Å². The molecule has 4 rings (SSSR count). The highest BCUT2D eigenvalue weighted by Gasteiger charge is 2.26. The molecule has 2 saturated heterocycles. The van der Waals surface area contributed by atoms with Crippen molar-refractivity contribution in [3.05, 3.63) is 42.0 Å². The zero-order valence-electron chi connectivity index (χ0n) is 16.9. The van der Waals surface area contributed by atoms with Gasteiger partial charge in [-0.15, -0.1) is 5.10 Å². The number of carbonyl (C=O) groups is 1. The maximum atomic E-state index is 12.3. The van der Waals surface area contributed by atoms with Crippen LogP contribution in [0.5, 0.6) is 0 Å². The van der Waals surface area contributed by atoms with Gasteiger partial charge in [0.15, 0.2) is 0 Å². The number of aromatic nitrogens is 4. The van der Waals surface area contributed by atoms with Crippen LogP contribution in [0.25, 0.3) is 0 Å². The van der Waals surface area contributed by atoms with Crippen LogP contribution in [0.15, 0.2) is 30.7 Å². The molecule has 8 nitrogen and oxygen atoms in total. The predicted molar refractivity (Wildman–Crippen MR) is 108 cm³/mol. The first-order chi connectivity index (χ1) is 14.3. The molecule has 0 radical (unpaired) electrons. The molecule has 0 saturated carbocycles. The minimum atomic E-state index is -0.155. The normalized spacial score (nSPS) is 20.6. The van der Waals surface area contributed by atoms with Crippen molar-refractivity contribution in [3.63, 3.8) is 0 Å². The van der Waals surface area contributed by atoms with E-state index in [9.17, 15) is 4.79 Å². The van der Waals surface area contributed by atoms with Crippen molar-refractivity contribution in [1.29, 1.82) is 0 Å². The fourth-order valence-corrected chi connectivity index (χ4v) is 4.17. The number of nitrogens with zero attached hydrogens (tertiary/aromatic N) is 6. The highest BCUT2D eigenvalue weighted by Crippen LogP contribution is 2.20. The van der Waals surface area contributed by atoms with E-state index >= 15 is 0 Å². The maximum absolute atomic E-state index is 12.3. The second-order valence-corrected chi connectivity index (χ2v) is 8.01. The van der Waals surface area contributed by atoms with Gasteiger partial charge in [0.05, 0.1) is 18.4 Å². The molecular weight excluding hydrogens is 368 g/mol. The second-order valence-electron chi connectivity index (χ2n) is 8.01. The zero-order valence-corrected chi connectivity index (χ0v) is 16.9. The topological polar surface area (TPSA) is 76.4 Å². The van der Waals surface area contributed by atoms with Crippen LogP contribution in [-0.4, -0.2) is 68.2 Å². The summed E-state index contributed by atoms with van der Waals surface area (Å²) in [6.07, 6.45) is 12.2. The first kappa shape index (κ1) is 19.8. The van der Waals surface area contributed by atoms with E-state index < -0.39 is 0 Å². The minimum absolute atomic E-state index is 0.155. The molecule has 0 N–H and O–H groups in total. The fourth-order valence-electron chi connectivity index (χ4n) is 4.17. The van der Waals surface area contributed by atoms with Gasteiger partial charge in [-0.2, -0.15) is 0 Å². The summed E-state index contributed by atoms with van der Waals surface area (Å²) in [4.78, 5) is 20.7. The monoisotopic (exact) mass is 398 g/mol. The number of likely N-dealkylation sites (tertiary alicyclic amines) is 2. The van der Waals surface area contributed by atoms with E-state index in [0.717, 1.165) is 56.7 Å². The molecule has 8 heteroatoms.